The highest BCUT2D eigenvalue weighted by atomic mass is 35.5. The molecule has 3 rings (SSSR count). The van der Waals surface area contributed by atoms with E-state index in [-0.39, 0.29) is 11.9 Å². The van der Waals surface area contributed by atoms with E-state index in [1.807, 2.05) is 17.0 Å². The average molecular weight is 309 g/mol. The molecule has 1 heterocycles. The van der Waals surface area contributed by atoms with Crippen LogP contribution in [0, 0.1) is 5.92 Å². The summed E-state index contributed by atoms with van der Waals surface area (Å²) < 4.78 is 0. The number of nitrogens with one attached hydrogen (secondary N) is 1. The van der Waals surface area contributed by atoms with Crippen LogP contribution >= 0.6 is 11.6 Å². The van der Waals surface area contributed by atoms with Crippen LogP contribution in [0.4, 0.5) is 10.5 Å². The molecule has 0 aromatic heterocycles. The van der Waals surface area contributed by atoms with Crippen molar-refractivity contribution in [3.63, 3.8) is 0 Å². The number of carbonyl (C=O) groups excluding carboxylic acids is 1. The number of carbonyl (C=O) groups is 1. The van der Waals surface area contributed by atoms with Crippen LogP contribution in [0.5, 0.6) is 0 Å². The van der Waals surface area contributed by atoms with Crippen molar-refractivity contribution < 1.29 is 9.90 Å². The van der Waals surface area contributed by atoms with E-state index in [0.717, 1.165) is 25.7 Å². The molecule has 2 fully saturated rings. The zero-order valence-corrected chi connectivity index (χ0v) is 12.8. The third-order valence-electron chi connectivity index (χ3n) is 4.79. The third-order valence-corrected chi connectivity index (χ3v) is 5.03. The van der Waals surface area contributed by atoms with Crippen molar-refractivity contribution in [3.8, 4) is 0 Å². The number of anilines is 1. The Morgan fingerprint density at radius 2 is 2.24 bits per heavy atom. The van der Waals surface area contributed by atoms with Gasteiger partial charge in [-0.2, -0.15) is 0 Å². The number of benzene rings is 1. The molecule has 0 spiro atoms. The molecule has 1 aliphatic carbocycles. The van der Waals surface area contributed by atoms with Gasteiger partial charge in [0.2, 0.25) is 0 Å². The van der Waals surface area contributed by atoms with Crippen molar-refractivity contribution in [3.05, 3.63) is 29.3 Å². The Labute approximate surface area is 130 Å². The number of amides is 2. The topological polar surface area (TPSA) is 52.6 Å². The first-order valence-electron chi connectivity index (χ1n) is 7.61. The van der Waals surface area contributed by atoms with Gasteiger partial charge in [-0.3, -0.25) is 0 Å². The summed E-state index contributed by atoms with van der Waals surface area (Å²) in [6.45, 7) is 1.25. The standard InChI is InChI=1S/C16H21ClN2O2/c17-13-5-3-6-14(10-13)18-15(20)19-9-8-16(21)7-2-1-4-12(16)11-19/h3,5-6,10,12,21H,1-2,4,7-9,11H2,(H,18,20). The van der Waals surface area contributed by atoms with Crippen LogP contribution < -0.4 is 5.32 Å². The lowest BCUT2D eigenvalue weighted by molar-refractivity contribution is -0.0863. The zero-order chi connectivity index (χ0) is 14.9. The molecule has 2 amide bonds. The van der Waals surface area contributed by atoms with Crippen LogP contribution in [-0.4, -0.2) is 34.7 Å². The SMILES string of the molecule is O=C(Nc1cccc(Cl)c1)N1CCC2(O)CCCCC2C1. The molecule has 21 heavy (non-hydrogen) atoms. The Kier molecular flexibility index (Phi) is 4.09. The van der Waals surface area contributed by atoms with Gasteiger partial charge >= 0.3 is 6.03 Å². The van der Waals surface area contributed by atoms with Gasteiger partial charge in [0.1, 0.15) is 0 Å². The van der Waals surface area contributed by atoms with E-state index in [2.05, 4.69) is 5.32 Å². The fraction of sp³-hybridized carbons (Fsp3) is 0.562. The van der Waals surface area contributed by atoms with Gasteiger partial charge in [0.05, 0.1) is 5.60 Å². The fourth-order valence-corrected chi connectivity index (χ4v) is 3.71. The molecule has 1 aliphatic heterocycles. The van der Waals surface area contributed by atoms with Crippen LogP contribution in [-0.2, 0) is 0 Å². The molecule has 1 aromatic rings. The Bertz CT molecular complexity index is 537. The molecule has 5 heteroatoms. The maximum absolute atomic E-state index is 12.3. The maximum Gasteiger partial charge on any atom is 0.321 e. The predicted molar refractivity (Wildman–Crippen MR) is 83.6 cm³/mol. The van der Waals surface area contributed by atoms with E-state index < -0.39 is 5.60 Å². The normalized spacial score (nSPS) is 28.9. The number of hydrogen-bond donors (Lipinski definition) is 2. The van der Waals surface area contributed by atoms with Crippen molar-refractivity contribution in [1.82, 2.24) is 4.90 Å². The van der Waals surface area contributed by atoms with Crippen LogP contribution in [0.2, 0.25) is 5.02 Å². The minimum Gasteiger partial charge on any atom is -0.389 e. The van der Waals surface area contributed by atoms with Crippen molar-refractivity contribution >= 4 is 23.3 Å². The molecule has 1 aromatic carbocycles. The lowest BCUT2D eigenvalue weighted by atomic mass is 9.71. The molecule has 0 radical (unpaired) electrons. The van der Waals surface area contributed by atoms with Gasteiger partial charge in [-0.05, 0) is 37.5 Å². The number of hydrogen-bond acceptors (Lipinski definition) is 2. The number of nitrogens with zero attached hydrogens (tertiary/aromatic N) is 1. The summed E-state index contributed by atoms with van der Waals surface area (Å²) >= 11 is 5.93. The molecule has 114 valence electrons. The van der Waals surface area contributed by atoms with E-state index in [9.17, 15) is 9.90 Å². The molecule has 1 saturated heterocycles. The highest BCUT2D eigenvalue weighted by Crippen LogP contribution is 2.39. The molecule has 0 bridgehead atoms. The smallest absolute Gasteiger partial charge is 0.321 e. The van der Waals surface area contributed by atoms with Gasteiger partial charge in [-0.15, -0.1) is 0 Å². The quantitative estimate of drug-likeness (QED) is 0.834. The van der Waals surface area contributed by atoms with Gasteiger partial charge in [0.25, 0.3) is 0 Å². The van der Waals surface area contributed by atoms with Crippen LogP contribution in [0.1, 0.15) is 32.1 Å². The number of aliphatic hydroxyl groups is 1. The van der Waals surface area contributed by atoms with E-state index in [0.29, 0.717) is 30.2 Å². The summed E-state index contributed by atoms with van der Waals surface area (Å²) in [6, 6.07) is 7.05. The Hall–Kier alpha value is -1.26. The van der Waals surface area contributed by atoms with E-state index in [1.165, 1.54) is 0 Å². The first kappa shape index (κ1) is 14.7. The largest absolute Gasteiger partial charge is 0.389 e. The molecule has 2 aliphatic rings. The molecule has 2 unspecified atom stereocenters. The van der Waals surface area contributed by atoms with Crippen LogP contribution in [0.15, 0.2) is 24.3 Å². The van der Waals surface area contributed by atoms with Crippen molar-refractivity contribution in [2.45, 2.75) is 37.7 Å². The minimum atomic E-state index is -0.551. The average Bonchev–Trinajstić information content (AvgIpc) is 2.46. The fourth-order valence-electron chi connectivity index (χ4n) is 3.52. The number of halogens is 1. The lowest BCUT2D eigenvalue weighted by Crippen LogP contribution is -2.55. The predicted octanol–water partition coefficient (Wildman–Crippen LogP) is 3.50. The van der Waals surface area contributed by atoms with Crippen LogP contribution in [0.25, 0.3) is 0 Å². The summed E-state index contributed by atoms with van der Waals surface area (Å²) in [6.07, 6.45) is 4.82. The molecule has 2 atom stereocenters. The van der Waals surface area contributed by atoms with Gasteiger partial charge in [-0.25, -0.2) is 4.79 Å². The highest BCUT2D eigenvalue weighted by molar-refractivity contribution is 6.30. The number of rotatable bonds is 1. The molecular weight excluding hydrogens is 288 g/mol. The number of fused-ring (bicyclic) bond motifs is 1. The Balaban J connectivity index is 1.64. The number of likely N-dealkylation sites (tertiary alicyclic amines) is 1. The Morgan fingerprint density at radius 1 is 1.38 bits per heavy atom. The second-order valence-corrected chi connectivity index (χ2v) is 6.62. The van der Waals surface area contributed by atoms with Gasteiger partial charge in [0.15, 0.2) is 0 Å². The van der Waals surface area contributed by atoms with E-state index >= 15 is 0 Å². The molecule has 2 N–H and O–H groups in total. The summed E-state index contributed by atoms with van der Waals surface area (Å²) in [5, 5.41) is 14.1. The van der Waals surface area contributed by atoms with Crippen molar-refractivity contribution in [2.75, 3.05) is 18.4 Å². The number of piperidine rings is 1. The zero-order valence-electron chi connectivity index (χ0n) is 12.0. The minimum absolute atomic E-state index is 0.107. The summed E-state index contributed by atoms with van der Waals surface area (Å²) in [7, 11) is 0. The molecule has 1 saturated carbocycles. The van der Waals surface area contributed by atoms with Gasteiger partial charge < -0.3 is 15.3 Å². The molecule has 4 nitrogen and oxygen atoms in total. The van der Waals surface area contributed by atoms with Gasteiger partial charge in [0, 0.05) is 29.7 Å². The third kappa shape index (κ3) is 3.16. The van der Waals surface area contributed by atoms with E-state index in [4.69, 9.17) is 11.6 Å². The number of urea groups is 1. The Morgan fingerprint density at radius 3 is 3.05 bits per heavy atom. The molecular formula is C16H21ClN2O2. The summed E-state index contributed by atoms with van der Waals surface area (Å²) in [5.74, 6) is 0.213. The lowest BCUT2D eigenvalue weighted by Gasteiger charge is -2.47. The van der Waals surface area contributed by atoms with E-state index in [1.54, 1.807) is 12.1 Å². The van der Waals surface area contributed by atoms with Crippen molar-refractivity contribution in [1.29, 1.82) is 0 Å². The first-order chi connectivity index (χ1) is 10.1. The second kappa shape index (κ2) is 5.85. The maximum atomic E-state index is 12.3. The monoisotopic (exact) mass is 308 g/mol. The second-order valence-electron chi connectivity index (χ2n) is 6.18. The van der Waals surface area contributed by atoms with Crippen molar-refractivity contribution in [2.24, 2.45) is 5.92 Å². The van der Waals surface area contributed by atoms with Gasteiger partial charge in [-0.1, -0.05) is 30.5 Å². The first-order valence-corrected chi connectivity index (χ1v) is 7.98. The highest BCUT2D eigenvalue weighted by Gasteiger charge is 2.43. The van der Waals surface area contributed by atoms with Crippen LogP contribution in [0.3, 0.4) is 0 Å². The summed E-state index contributed by atoms with van der Waals surface area (Å²) in [4.78, 5) is 14.2. The summed E-state index contributed by atoms with van der Waals surface area (Å²) in [5.41, 5.74) is 0.155.